The molecular weight excluding hydrogens is 436 g/mol. The minimum absolute atomic E-state index is 0. The molecule has 0 saturated heterocycles. The lowest BCUT2D eigenvalue weighted by Gasteiger charge is -2.17. The van der Waals surface area contributed by atoms with Crippen molar-refractivity contribution in [3.63, 3.8) is 0 Å². The molecule has 0 saturated carbocycles. The van der Waals surface area contributed by atoms with Gasteiger partial charge in [-0.3, -0.25) is 9.08 Å². The first-order valence-corrected chi connectivity index (χ1v) is 9.99. The number of hydrogen-bond donors (Lipinski definition) is 1. The minimum Gasteiger partial charge on any atom is -0.485 e. The van der Waals surface area contributed by atoms with E-state index in [9.17, 15) is 8.78 Å². The zero-order valence-electron chi connectivity index (χ0n) is 18.4. The number of benzene rings is 1. The van der Waals surface area contributed by atoms with Gasteiger partial charge in [0, 0.05) is 23.5 Å². The summed E-state index contributed by atoms with van der Waals surface area (Å²) >= 11 is 0. The molecule has 1 aromatic carbocycles. The van der Waals surface area contributed by atoms with Crippen LogP contribution >= 0.6 is 12.4 Å². The lowest BCUT2D eigenvalue weighted by molar-refractivity contribution is 0.294. The Morgan fingerprint density at radius 3 is 2.47 bits per heavy atom. The Kier molecular flexibility index (Phi) is 6.57. The van der Waals surface area contributed by atoms with Crippen molar-refractivity contribution in [1.82, 2.24) is 19.2 Å². The van der Waals surface area contributed by atoms with E-state index in [2.05, 4.69) is 10.1 Å². The normalized spacial score (nSPS) is 11.6. The highest BCUT2D eigenvalue weighted by atomic mass is 35.5. The van der Waals surface area contributed by atoms with E-state index in [1.165, 1.54) is 18.2 Å². The second-order valence-corrected chi connectivity index (χ2v) is 8.53. The minimum atomic E-state index is -0.640. The van der Waals surface area contributed by atoms with Crippen molar-refractivity contribution in [1.29, 1.82) is 0 Å². The predicted molar refractivity (Wildman–Crippen MR) is 122 cm³/mol. The smallest absolute Gasteiger partial charge is 0.180 e. The Labute approximate surface area is 191 Å². The van der Waals surface area contributed by atoms with Crippen molar-refractivity contribution < 1.29 is 13.5 Å². The summed E-state index contributed by atoms with van der Waals surface area (Å²) in [6.07, 6.45) is 5.66. The maximum Gasteiger partial charge on any atom is 0.180 e. The van der Waals surface area contributed by atoms with Crippen LogP contribution in [0.25, 0.3) is 16.9 Å². The first-order valence-electron chi connectivity index (χ1n) is 9.99. The van der Waals surface area contributed by atoms with Crippen LogP contribution in [0.3, 0.4) is 0 Å². The Morgan fingerprint density at radius 1 is 1.12 bits per heavy atom. The van der Waals surface area contributed by atoms with Crippen LogP contribution in [-0.2, 0) is 13.2 Å². The summed E-state index contributed by atoms with van der Waals surface area (Å²) in [6.45, 7) is 8.06. The molecule has 3 aromatic heterocycles. The Bertz CT molecular complexity index is 1240. The molecule has 6 nitrogen and oxygen atoms in total. The van der Waals surface area contributed by atoms with E-state index in [0.717, 1.165) is 22.5 Å². The zero-order chi connectivity index (χ0) is 22.3. The lowest BCUT2D eigenvalue weighted by atomic mass is 10.1. The molecule has 170 valence electrons. The van der Waals surface area contributed by atoms with Gasteiger partial charge in [-0.05, 0) is 51.5 Å². The van der Waals surface area contributed by atoms with E-state index in [0.29, 0.717) is 17.9 Å². The molecule has 4 aromatic rings. The largest absolute Gasteiger partial charge is 0.485 e. The quantitative estimate of drug-likeness (QED) is 0.446. The van der Waals surface area contributed by atoms with Crippen molar-refractivity contribution in [3.05, 3.63) is 71.3 Å². The van der Waals surface area contributed by atoms with Crippen molar-refractivity contribution in [2.45, 2.75) is 46.4 Å². The van der Waals surface area contributed by atoms with Crippen molar-refractivity contribution in [3.8, 4) is 17.0 Å². The van der Waals surface area contributed by atoms with Gasteiger partial charge >= 0.3 is 0 Å². The van der Waals surface area contributed by atoms with Gasteiger partial charge in [0.15, 0.2) is 11.4 Å². The fraction of sp³-hybridized carbons (Fsp3) is 0.304. The Balaban J connectivity index is 0.00000289. The van der Waals surface area contributed by atoms with Crippen LogP contribution in [-0.4, -0.2) is 24.7 Å². The number of pyridine rings is 1. The van der Waals surface area contributed by atoms with E-state index in [1.807, 2.05) is 55.2 Å². The van der Waals surface area contributed by atoms with Gasteiger partial charge in [0.1, 0.15) is 18.2 Å². The topological polar surface area (TPSA) is 70.4 Å². The highest BCUT2D eigenvalue weighted by molar-refractivity contribution is 5.85. The molecule has 3 heterocycles. The fourth-order valence-electron chi connectivity index (χ4n) is 3.62. The van der Waals surface area contributed by atoms with Crippen LogP contribution in [0.5, 0.6) is 5.75 Å². The predicted octanol–water partition coefficient (Wildman–Crippen LogP) is 4.83. The number of imidazole rings is 1. The van der Waals surface area contributed by atoms with Gasteiger partial charge in [-0.1, -0.05) is 6.07 Å². The van der Waals surface area contributed by atoms with Gasteiger partial charge in [-0.15, -0.1) is 12.4 Å². The summed E-state index contributed by atoms with van der Waals surface area (Å²) in [5, 5.41) is 4.43. The second kappa shape index (κ2) is 8.88. The third kappa shape index (κ3) is 4.76. The molecule has 0 aliphatic rings. The number of fused-ring (bicyclic) bond motifs is 1. The number of hydrogen-bond acceptors (Lipinski definition) is 4. The summed E-state index contributed by atoms with van der Waals surface area (Å²) in [5.74, 6) is -0.828. The number of ether oxygens (including phenoxy) is 1. The number of nitrogens with two attached hydrogens (primary N) is 1. The van der Waals surface area contributed by atoms with Gasteiger partial charge in [0.2, 0.25) is 0 Å². The number of rotatable bonds is 6. The molecule has 0 aliphatic carbocycles. The molecule has 4 rings (SSSR count). The molecule has 0 amide bonds. The van der Waals surface area contributed by atoms with Crippen LogP contribution in [0.2, 0.25) is 0 Å². The average Bonchev–Trinajstić information content (AvgIpc) is 3.22. The van der Waals surface area contributed by atoms with Crippen LogP contribution in [0.4, 0.5) is 8.78 Å². The Hall–Kier alpha value is -2.97. The SMILES string of the molecule is Cc1cc(OCc2c(F)cccc2F)c2nc(C)c(-c3cnn(CC(C)(C)N)c3)n2c1.Cl. The summed E-state index contributed by atoms with van der Waals surface area (Å²) in [6, 6.07) is 5.57. The van der Waals surface area contributed by atoms with E-state index < -0.39 is 17.2 Å². The van der Waals surface area contributed by atoms with Gasteiger partial charge in [-0.25, -0.2) is 13.8 Å². The molecule has 0 aliphatic heterocycles. The molecular formula is C23H26ClF2N5O. The highest BCUT2D eigenvalue weighted by Crippen LogP contribution is 2.31. The molecule has 0 atom stereocenters. The Morgan fingerprint density at radius 2 is 1.81 bits per heavy atom. The van der Waals surface area contributed by atoms with Crippen LogP contribution in [0.15, 0.2) is 42.9 Å². The third-order valence-corrected chi connectivity index (χ3v) is 4.91. The average molecular weight is 462 g/mol. The van der Waals surface area contributed by atoms with E-state index in [1.54, 1.807) is 6.20 Å². The molecule has 0 unspecified atom stereocenters. The maximum atomic E-state index is 14.0. The molecule has 9 heteroatoms. The summed E-state index contributed by atoms with van der Waals surface area (Å²) in [5.41, 5.74) is 9.66. The summed E-state index contributed by atoms with van der Waals surface area (Å²) in [7, 11) is 0. The number of aromatic nitrogens is 4. The standard InChI is InChI=1S/C23H25F2N5O.ClH/c1-14-8-20(31-12-17-18(24)6-5-7-19(17)25)22-28-15(2)21(30(22)10-14)16-9-27-29(11-16)13-23(3,4)26;/h5-11H,12-13,26H2,1-4H3;1H. The summed E-state index contributed by atoms with van der Waals surface area (Å²) < 4.78 is 37.5. The molecule has 0 spiro atoms. The third-order valence-electron chi connectivity index (χ3n) is 4.91. The van der Waals surface area contributed by atoms with Crippen LogP contribution in [0, 0.1) is 25.5 Å². The van der Waals surface area contributed by atoms with Gasteiger partial charge in [0.25, 0.3) is 0 Å². The van der Waals surface area contributed by atoms with Crippen molar-refractivity contribution in [2.75, 3.05) is 0 Å². The van der Waals surface area contributed by atoms with Gasteiger partial charge in [-0.2, -0.15) is 5.10 Å². The van der Waals surface area contributed by atoms with E-state index >= 15 is 0 Å². The van der Waals surface area contributed by atoms with Crippen LogP contribution in [0.1, 0.15) is 30.7 Å². The first-order chi connectivity index (χ1) is 14.6. The molecule has 0 bridgehead atoms. The molecule has 0 fully saturated rings. The number of halogens is 3. The monoisotopic (exact) mass is 461 g/mol. The van der Waals surface area contributed by atoms with Gasteiger partial charge in [0.05, 0.1) is 29.7 Å². The number of nitrogens with zero attached hydrogens (tertiary/aromatic N) is 4. The first kappa shape index (κ1) is 23.7. The molecule has 0 radical (unpaired) electrons. The maximum absolute atomic E-state index is 14.0. The van der Waals surface area contributed by atoms with Gasteiger partial charge < -0.3 is 10.5 Å². The summed E-state index contributed by atoms with van der Waals surface area (Å²) in [4.78, 5) is 4.66. The lowest BCUT2D eigenvalue weighted by Crippen LogP contribution is -2.37. The van der Waals surface area contributed by atoms with Crippen molar-refractivity contribution >= 4 is 18.1 Å². The number of aryl methyl sites for hydroxylation is 2. The van der Waals surface area contributed by atoms with E-state index in [-0.39, 0.29) is 24.6 Å². The fourth-order valence-corrected chi connectivity index (χ4v) is 3.62. The van der Waals surface area contributed by atoms with E-state index in [4.69, 9.17) is 10.5 Å². The molecule has 2 N–H and O–H groups in total. The molecule has 32 heavy (non-hydrogen) atoms. The highest BCUT2D eigenvalue weighted by Gasteiger charge is 2.19. The van der Waals surface area contributed by atoms with Crippen LogP contribution < -0.4 is 10.5 Å². The zero-order valence-corrected chi connectivity index (χ0v) is 19.2. The second-order valence-electron chi connectivity index (χ2n) is 8.53. The van der Waals surface area contributed by atoms with Crippen molar-refractivity contribution in [2.24, 2.45) is 5.73 Å².